The van der Waals surface area contributed by atoms with Crippen molar-refractivity contribution < 1.29 is 4.74 Å². The predicted octanol–water partition coefficient (Wildman–Crippen LogP) is 1.16. The highest BCUT2D eigenvalue weighted by Crippen LogP contribution is 2.22. The van der Waals surface area contributed by atoms with Gasteiger partial charge in [-0.05, 0) is 19.3 Å². The third-order valence-electron chi connectivity index (χ3n) is 3.45. The molecule has 1 fully saturated rings. The van der Waals surface area contributed by atoms with Crippen LogP contribution in [0.2, 0.25) is 0 Å². The van der Waals surface area contributed by atoms with Crippen LogP contribution in [0.25, 0.3) is 5.65 Å². The number of fused-ring (bicyclic) bond motifs is 1. The van der Waals surface area contributed by atoms with Crippen molar-refractivity contribution in [1.82, 2.24) is 19.6 Å². The Kier molecular flexibility index (Phi) is 3.10. The molecule has 0 saturated heterocycles. The predicted molar refractivity (Wildman–Crippen MR) is 66.3 cm³/mol. The van der Waals surface area contributed by atoms with E-state index >= 15 is 0 Å². The summed E-state index contributed by atoms with van der Waals surface area (Å²) in [7, 11) is 0. The third kappa shape index (κ3) is 2.15. The van der Waals surface area contributed by atoms with Gasteiger partial charge in [0.2, 0.25) is 5.65 Å². The van der Waals surface area contributed by atoms with Crippen LogP contribution in [0.5, 0.6) is 5.88 Å². The van der Waals surface area contributed by atoms with E-state index in [0.717, 1.165) is 19.3 Å². The Morgan fingerprint density at radius 1 is 1.28 bits per heavy atom. The molecule has 1 aliphatic rings. The van der Waals surface area contributed by atoms with Gasteiger partial charge in [0, 0.05) is 18.4 Å². The summed E-state index contributed by atoms with van der Waals surface area (Å²) in [5, 5.41) is 7.87. The van der Waals surface area contributed by atoms with Crippen LogP contribution >= 0.6 is 0 Å². The zero-order valence-corrected chi connectivity index (χ0v) is 10.2. The number of nitrogens with two attached hydrogens (primary N) is 1. The molecular weight excluding hydrogens is 230 g/mol. The second kappa shape index (κ2) is 4.89. The van der Waals surface area contributed by atoms with Crippen LogP contribution in [-0.4, -0.2) is 31.7 Å². The Hall–Kier alpha value is -1.69. The highest BCUT2D eigenvalue weighted by Gasteiger charge is 2.23. The van der Waals surface area contributed by atoms with Crippen molar-refractivity contribution in [2.45, 2.75) is 44.2 Å². The lowest BCUT2D eigenvalue weighted by Gasteiger charge is -2.22. The van der Waals surface area contributed by atoms with Crippen LogP contribution in [0.15, 0.2) is 18.7 Å². The highest BCUT2D eigenvalue weighted by molar-refractivity contribution is 5.47. The Morgan fingerprint density at radius 3 is 3.11 bits per heavy atom. The molecule has 3 rings (SSSR count). The van der Waals surface area contributed by atoms with E-state index in [2.05, 4.69) is 15.2 Å². The SMILES string of the molecule is NC1CCCCCC1Oc1nccn2cnnc12. The number of rotatable bonds is 2. The lowest BCUT2D eigenvalue weighted by atomic mass is 10.1. The van der Waals surface area contributed by atoms with Crippen LogP contribution in [0.3, 0.4) is 0 Å². The van der Waals surface area contributed by atoms with Gasteiger partial charge < -0.3 is 10.5 Å². The average Bonchev–Trinajstić information content (AvgIpc) is 2.77. The van der Waals surface area contributed by atoms with Gasteiger partial charge in [0.05, 0.1) is 0 Å². The van der Waals surface area contributed by atoms with Gasteiger partial charge in [-0.15, -0.1) is 10.2 Å². The van der Waals surface area contributed by atoms with Crippen molar-refractivity contribution >= 4 is 5.65 Å². The second-order valence-electron chi connectivity index (χ2n) is 4.75. The fourth-order valence-corrected chi connectivity index (χ4v) is 2.41. The number of aromatic nitrogens is 4. The van der Waals surface area contributed by atoms with E-state index in [1.165, 1.54) is 12.8 Å². The number of hydrogen-bond acceptors (Lipinski definition) is 5. The van der Waals surface area contributed by atoms with Crippen molar-refractivity contribution in [3.8, 4) is 5.88 Å². The van der Waals surface area contributed by atoms with Crippen LogP contribution in [-0.2, 0) is 0 Å². The van der Waals surface area contributed by atoms with Gasteiger partial charge in [-0.2, -0.15) is 0 Å². The van der Waals surface area contributed by atoms with Crippen LogP contribution in [0.4, 0.5) is 0 Å². The summed E-state index contributed by atoms with van der Waals surface area (Å²) in [6.07, 6.45) is 10.7. The first-order valence-corrected chi connectivity index (χ1v) is 6.41. The maximum atomic E-state index is 6.15. The van der Waals surface area contributed by atoms with Crippen LogP contribution in [0.1, 0.15) is 32.1 Å². The first-order chi connectivity index (χ1) is 8.84. The van der Waals surface area contributed by atoms with Gasteiger partial charge in [0.25, 0.3) is 5.88 Å². The Labute approximate surface area is 105 Å². The van der Waals surface area contributed by atoms with E-state index in [1.807, 2.05) is 0 Å². The standard InChI is InChI=1S/C12H17N5O/c13-9-4-2-1-3-5-10(9)18-12-11-16-15-8-17(11)7-6-14-12/h6-10H,1-5,13H2. The Bertz CT molecular complexity index is 526. The normalized spacial score (nSPS) is 24.9. The van der Waals surface area contributed by atoms with Crippen molar-refractivity contribution in [2.24, 2.45) is 5.73 Å². The molecule has 0 aliphatic heterocycles. The molecule has 2 unspecified atom stereocenters. The van der Waals surface area contributed by atoms with E-state index in [-0.39, 0.29) is 12.1 Å². The summed E-state index contributed by atoms with van der Waals surface area (Å²) < 4.78 is 7.76. The molecule has 0 aromatic carbocycles. The molecule has 2 heterocycles. The first-order valence-electron chi connectivity index (χ1n) is 6.41. The van der Waals surface area contributed by atoms with Crippen molar-refractivity contribution in [2.75, 3.05) is 0 Å². The maximum Gasteiger partial charge on any atom is 0.260 e. The van der Waals surface area contributed by atoms with Gasteiger partial charge in [0.15, 0.2) is 0 Å². The molecule has 18 heavy (non-hydrogen) atoms. The van der Waals surface area contributed by atoms with Crippen molar-refractivity contribution in [3.05, 3.63) is 18.7 Å². The summed E-state index contributed by atoms with van der Waals surface area (Å²) in [6.45, 7) is 0. The Morgan fingerprint density at radius 2 is 2.17 bits per heavy atom. The Balaban J connectivity index is 1.84. The molecule has 2 aromatic rings. The second-order valence-corrected chi connectivity index (χ2v) is 4.75. The first kappa shape index (κ1) is 11.4. The third-order valence-corrected chi connectivity index (χ3v) is 3.45. The van der Waals surface area contributed by atoms with E-state index in [0.29, 0.717) is 11.5 Å². The molecule has 1 saturated carbocycles. The highest BCUT2D eigenvalue weighted by atomic mass is 16.5. The monoisotopic (exact) mass is 247 g/mol. The van der Waals surface area contributed by atoms with Gasteiger partial charge in [-0.25, -0.2) is 4.98 Å². The van der Waals surface area contributed by atoms with Crippen LogP contribution < -0.4 is 10.5 Å². The van der Waals surface area contributed by atoms with Gasteiger partial charge in [-0.3, -0.25) is 4.40 Å². The minimum atomic E-state index is 0.0305. The summed E-state index contributed by atoms with van der Waals surface area (Å²) in [6, 6.07) is 0.0810. The van der Waals surface area contributed by atoms with Crippen molar-refractivity contribution in [3.63, 3.8) is 0 Å². The van der Waals surface area contributed by atoms with Gasteiger partial charge in [0.1, 0.15) is 12.4 Å². The zero-order chi connectivity index (χ0) is 12.4. The molecular formula is C12H17N5O. The van der Waals surface area contributed by atoms with Crippen molar-refractivity contribution in [1.29, 1.82) is 0 Å². The number of nitrogens with zero attached hydrogens (tertiary/aromatic N) is 4. The molecule has 6 nitrogen and oxygen atoms in total. The molecule has 1 aliphatic carbocycles. The fourth-order valence-electron chi connectivity index (χ4n) is 2.41. The minimum absolute atomic E-state index is 0.0305. The smallest absolute Gasteiger partial charge is 0.260 e. The molecule has 96 valence electrons. The van der Waals surface area contributed by atoms with E-state index in [9.17, 15) is 0 Å². The molecule has 2 aromatic heterocycles. The number of hydrogen-bond donors (Lipinski definition) is 1. The maximum absolute atomic E-state index is 6.15. The molecule has 0 bridgehead atoms. The summed E-state index contributed by atoms with van der Waals surface area (Å²) in [4.78, 5) is 4.24. The quantitative estimate of drug-likeness (QED) is 0.806. The lowest BCUT2D eigenvalue weighted by Crippen LogP contribution is -2.38. The average molecular weight is 247 g/mol. The van der Waals surface area contributed by atoms with Crippen LogP contribution in [0, 0.1) is 0 Å². The molecule has 2 atom stereocenters. The molecule has 6 heteroatoms. The zero-order valence-electron chi connectivity index (χ0n) is 10.2. The topological polar surface area (TPSA) is 78.3 Å². The number of ether oxygens (including phenoxy) is 1. The lowest BCUT2D eigenvalue weighted by molar-refractivity contribution is 0.157. The molecule has 0 amide bonds. The molecule has 2 N–H and O–H groups in total. The summed E-state index contributed by atoms with van der Waals surface area (Å²) in [5.41, 5.74) is 6.80. The summed E-state index contributed by atoms with van der Waals surface area (Å²) >= 11 is 0. The van der Waals surface area contributed by atoms with E-state index < -0.39 is 0 Å². The minimum Gasteiger partial charge on any atom is -0.470 e. The van der Waals surface area contributed by atoms with Gasteiger partial charge >= 0.3 is 0 Å². The summed E-state index contributed by atoms with van der Waals surface area (Å²) in [5.74, 6) is 0.525. The largest absolute Gasteiger partial charge is 0.470 e. The van der Waals surface area contributed by atoms with E-state index in [4.69, 9.17) is 10.5 Å². The fraction of sp³-hybridized carbons (Fsp3) is 0.583. The molecule has 0 spiro atoms. The van der Waals surface area contributed by atoms with E-state index in [1.54, 1.807) is 23.1 Å². The molecule has 0 radical (unpaired) electrons. The van der Waals surface area contributed by atoms with Gasteiger partial charge in [-0.1, -0.05) is 12.8 Å².